The van der Waals surface area contributed by atoms with Crippen LogP contribution in [-0.2, 0) is 36.7 Å². The van der Waals surface area contributed by atoms with Crippen LogP contribution in [0.4, 0.5) is 0 Å². The van der Waals surface area contributed by atoms with E-state index in [1.54, 1.807) is 0 Å². The van der Waals surface area contributed by atoms with Crippen LogP contribution in [0.1, 0.15) is 48.5 Å². The van der Waals surface area contributed by atoms with Gasteiger partial charge in [-0.15, -0.1) is 0 Å². The first-order valence-electron chi connectivity index (χ1n) is 12.9. The second-order valence-corrected chi connectivity index (χ2v) is 9.55. The number of rotatable bonds is 12. The molecule has 3 atom stereocenters. The molecule has 1 aliphatic rings. The van der Waals surface area contributed by atoms with Crippen molar-refractivity contribution in [2.45, 2.75) is 56.8 Å². The van der Waals surface area contributed by atoms with Crippen LogP contribution in [0.25, 0.3) is 11.1 Å². The molecule has 0 aliphatic heterocycles. The van der Waals surface area contributed by atoms with E-state index in [1.807, 2.05) is 78.9 Å². The summed E-state index contributed by atoms with van der Waals surface area (Å²) in [6.45, 7) is 0. The van der Waals surface area contributed by atoms with Crippen LogP contribution in [0.5, 0.6) is 0 Å². The Bertz CT molecular complexity index is 1240. The van der Waals surface area contributed by atoms with Gasteiger partial charge in [0.05, 0.1) is 6.42 Å². The molecule has 7 nitrogen and oxygen atoms in total. The maximum Gasteiger partial charge on any atom is 0.335 e. The van der Waals surface area contributed by atoms with Crippen molar-refractivity contribution in [3.8, 4) is 11.1 Å². The Labute approximate surface area is 222 Å². The van der Waals surface area contributed by atoms with Crippen LogP contribution in [0.2, 0.25) is 0 Å². The third-order valence-corrected chi connectivity index (χ3v) is 6.86. The molecule has 0 fully saturated rings. The molecule has 0 bridgehead atoms. The molecule has 0 saturated heterocycles. The summed E-state index contributed by atoms with van der Waals surface area (Å²) in [7, 11) is 1.45. The van der Waals surface area contributed by atoms with E-state index in [-0.39, 0.29) is 31.3 Å². The van der Waals surface area contributed by atoms with Crippen molar-refractivity contribution in [1.82, 2.24) is 5.32 Å². The van der Waals surface area contributed by atoms with Crippen LogP contribution in [0.3, 0.4) is 0 Å². The second kappa shape index (κ2) is 13.0. The van der Waals surface area contributed by atoms with Gasteiger partial charge in [-0.05, 0) is 47.1 Å². The number of aliphatic carboxylic acids is 1. The largest absolute Gasteiger partial charge is 0.481 e. The molecule has 0 heterocycles. The van der Waals surface area contributed by atoms with Crippen molar-refractivity contribution in [3.63, 3.8) is 0 Å². The van der Waals surface area contributed by atoms with Crippen LogP contribution in [0, 0.1) is 0 Å². The van der Waals surface area contributed by atoms with Crippen LogP contribution in [0.15, 0.2) is 78.9 Å². The minimum absolute atomic E-state index is 0.139. The number of carbonyl (C=O) groups excluding carboxylic acids is 2. The average Bonchev–Trinajstić information content (AvgIpc) is 3.34. The smallest absolute Gasteiger partial charge is 0.335 e. The molecule has 0 aromatic heterocycles. The monoisotopic (exact) mass is 515 g/mol. The summed E-state index contributed by atoms with van der Waals surface area (Å²) >= 11 is 0. The molecule has 7 heteroatoms. The zero-order valence-corrected chi connectivity index (χ0v) is 21.5. The molecule has 0 unspecified atom stereocenters. The molecule has 1 amide bonds. The molecule has 198 valence electrons. The highest BCUT2D eigenvalue weighted by Crippen LogP contribution is 2.34. The number of fused-ring (bicyclic) bond motifs is 1. The van der Waals surface area contributed by atoms with Gasteiger partial charge in [0.15, 0.2) is 6.10 Å². The lowest BCUT2D eigenvalue weighted by Crippen LogP contribution is -2.41. The van der Waals surface area contributed by atoms with E-state index in [2.05, 4.69) is 5.32 Å². The number of ether oxygens (including phenoxy) is 2. The van der Waals surface area contributed by atoms with Crippen molar-refractivity contribution in [2.24, 2.45) is 0 Å². The fourth-order valence-electron chi connectivity index (χ4n) is 4.87. The van der Waals surface area contributed by atoms with Crippen molar-refractivity contribution in [2.75, 3.05) is 7.11 Å². The van der Waals surface area contributed by atoms with Crippen molar-refractivity contribution in [3.05, 3.63) is 95.6 Å². The number of carbonyl (C=O) groups is 3. The topological polar surface area (TPSA) is 102 Å². The number of aryl methyl sites for hydroxylation is 1. The number of methoxy groups -OCH3 is 1. The van der Waals surface area contributed by atoms with Crippen LogP contribution < -0.4 is 5.32 Å². The van der Waals surface area contributed by atoms with Crippen LogP contribution in [-0.4, -0.2) is 42.2 Å². The lowest BCUT2D eigenvalue weighted by molar-refractivity contribution is -0.162. The Morgan fingerprint density at radius 2 is 1.61 bits per heavy atom. The summed E-state index contributed by atoms with van der Waals surface area (Å²) in [5.41, 5.74) is 5.36. The van der Waals surface area contributed by atoms with Crippen molar-refractivity contribution >= 4 is 17.8 Å². The molecule has 3 aromatic carbocycles. The zero-order valence-electron chi connectivity index (χ0n) is 21.5. The average molecular weight is 516 g/mol. The molecule has 2 N–H and O–H groups in total. The lowest BCUT2D eigenvalue weighted by Gasteiger charge is -2.24. The minimum atomic E-state index is -1.04. The molecule has 1 aliphatic carbocycles. The number of carboxylic acid groups (broad SMARTS) is 1. The SMILES string of the molecule is CO[C@@H](C[C@@H](Cc1ccc(-c2ccccc2)cc1)NC(=O)CCC(=O)O)C(=O)O[C@H]1CCc2ccccc21. The summed E-state index contributed by atoms with van der Waals surface area (Å²) in [5, 5.41) is 11.9. The predicted molar refractivity (Wildman–Crippen MR) is 143 cm³/mol. The third-order valence-electron chi connectivity index (χ3n) is 6.86. The van der Waals surface area contributed by atoms with Gasteiger partial charge >= 0.3 is 11.9 Å². The Morgan fingerprint density at radius 3 is 2.32 bits per heavy atom. The van der Waals surface area contributed by atoms with E-state index in [9.17, 15) is 14.4 Å². The van der Waals surface area contributed by atoms with Gasteiger partial charge < -0.3 is 19.9 Å². The predicted octanol–water partition coefficient (Wildman–Crippen LogP) is 4.88. The van der Waals surface area contributed by atoms with Gasteiger partial charge in [0, 0.05) is 26.0 Å². The maximum atomic E-state index is 13.1. The van der Waals surface area contributed by atoms with Crippen LogP contribution >= 0.6 is 0 Å². The first kappa shape index (κ1) is 27.1. The molecule has 0 saturated carbocycles. The summed E-state index contributed by atoms with van der Waals surface area (Å²) < 4.78 is 11.4. The third kappa shape index (κ3) is 7.29. The number of esters is 1. The first-order valence-corrected chi connectivity index (χ1v) is 12.9. The molecule has 0 radical (unpaired) electrons. The minimum Gasteiger partial charge on any atom is -0.481 e. The van der Waals surface area contributed by atoms with Gasteiger partial charge in [-0.2, -0.15) is 0 Å². The number of amides is 1. The highest BCUT2D eigenvalue weighted by Gasteiger charge is 2.31. The fourth-order valence-corrected chi connectivity index (χ4v) is 4.87. The second-order valence-electron chi connectivity index (χ2n) is 9.55. The normalized spacial score (nSPS) is 15.8. The first-order chi connectivity index (χ1) is 18.4. The molecular weight excluding hydrogens is 482 g/mol. The number of carboxylic acids is 1. The maximum absolute atomic E-state index is 13.1. The highest BCUT2D eigenvalue weighted by molar-refractivity contribution is 5.81. The van der Waals surface area contributed by atoms with Gasteiger partial charge in [0.2, 0.25) is 5.91 Å². The van der Waals surface area contributed by atoms with Gasteiger partial charge in [-0.3, -0.25) is 9.59 Å². The highest BCUT2D eigenvalue weighted by atomic mass is 16.6. The lowest BCUT2D eigenvalue weighted by atomic mass is 9.97. The molecule has 38 heavy (non-hydrogen) atoms. The zero-order chi connectivity index (χ0) is 26.9. The number of hydrogen-bond acceptors (Lipinski definition) is 5. The Morgan fingerprint density at radius 1 is 0.921 bits per heavy atom. The van der Waals surface area contributed by atoms with E-state index >= 15 is 0 Å². The van der Waals surface area contributed by atoms with E-state index in [1.165, 1.54) is 12.7 Å². The summed E-state index contributed by atoms with van der Waals surface area (Å²) in [5.74, 6) is -1.90. The molecule has 4 rings (SSSR count). The standard InChI is InChI=1S/C31H33NO6/c1-37-28(31(36)38-27-16-15-24-9-5-6-10-26(24)27)20-25(32-29(33)17-18-30(34)35)19-21-11-13-23(14-12-21)22-7-3-2-4-8-22/h2-14,25,27-28H,15-20H2,1H3,(H,32,33)(H,34,35)/t25-,27+,28+/m1/s1. The number of hydrogen-bond donors (Lipinski definition) is 2. The molecule has 3 aromatic rings. The Balaban J connectivity index is 1.44. The summed E-state index contributed by atoms with van der Waals surface area (Å²) in [4.78, 5) is 36.5. The Hall–Kier alpha value is -3.97. The van der Waals surface area contributed by atoms with Crippen molar-refractivity contribution < 1.29 is 29.0 Å². The summed E-state index contributed by atoms with van der Waals surface area (Å²) in [6, 6.07) is 25.5. The van der Waals surface area contributed by atoms with E-state index < -0.39 is 24.1 Å². The number of nitrogens with one attached hydrogen (secondary N) is 1. The Kier molecular flexibility index (Phi) is 9.27. The van der Waals surface area contributed by atoms with E-state index in [0.717, 1.165) is 35.1 Å². The van der Waals surface area contributed by atoms with E-state index in [4.69, 9.17) is 14.6 Å². The van der Waals surface area contributed by atoms with Gasteiger partial charge in [0.1, 0.15) is 6.10 Å². The number of benzene rings is 3. The van der Waals surface area contributed by atoms with Gasteiger partial charge in [0.25, 0.3) is 0 Å². The quantitative estimate of drug-likeness (QED) is 0.333. The van der Waals surface area contributed by atoms with Gasteiger partial charge in [-0.1, -0.05) is 78.9 Å². The van der Waals surface area contributed by atoms with E-state index in [0.29, 0.717) is 6.42 Å². The fraction of sp³-hybridized carbons (Fsp3) is 0.323. The molecular formula is C31H33NO6. The van der Waals surface area contributed by atoms with Gasteiger partial charge in [-0.25, -0.2) is 4.79 Å². The van der Waals surface area contributed by atoms with Crippen molar-refractivity contribution in [1.29, 1.82) is 0 Å². The summed E-state index contributed by atoms with van der Waals surface area (Å²) in [6.07, 6.45) is 0.635. The molecule has 0 spiro atoms.